The first-order chi connectivity index (χ1) is 9.01. The monoisotopic (exact) mass is 301 g/mol. The van der Waals surface area contributed by atoms with E-state index in [2.05, 4.69) is 10.3 Å². The molecule has 0 bridgehead atoms. The first kappa shape index (κ1) is 13.7. The normalized spacial score (nSPS) is 10.3. The number of nitrogens with two attached hydrogens (primary N) is 1. The van der Waals surface area contributed by atoms with Crippen LogP contribution in [0.15, 0.2) is 24.3 Å². The first-order valence-electron chi connectivity index (χ1n) is 5.23. The minimum absolute atomic E-state index is 0.0866. The first-order valence-corrected chi connectivity index (χ1v) is 5.99. The highest BCUT2D eigenvalue weighted by Crippen LogP contribution is 2.30. The number of hydrogen-bond acceptors (Lipinski definition) is 4. The molecule has 0 unspecified atom stereocenters. The summed E-state index contributed by atoms with van der Waals surface area (Å²) in [4.78, 5) is 4.13. The molecule has 0 atom stereocenters. The molecule has 0 amide bonds. The molecule has 0 radical (unpaired) electrons. The van der Waals surface area contributed by atoms with Crippen LogP contribution in [0.4, 0.5) is 21.6 Å². The lowest BCUT2D eigenvalue weighted by Gasteiger charge is -2.10. The summed E-state index contributed by atoms with van der Waals surface area (Å²) in [5, 5.41) is 2.73. The Morgan fingerprint density at radius 2 is 1.89 bits per heavy atom. The predicted molar refractivity (Wildman–Crippen MR) is 74.9 cm³/mol. The van der Waals surface area contributed by atoms with Gasteiger partial charge in [-0.25, -0.2) is 4.39 Å². The molecule has 0 fully saturated rings. The summed E-state index contributed by atoms with van der Waals surface area (Å²) in [7, 11) is 1.49. The van der Waals surface area contributed by atoms with E-state index in [0.717, 1.165) is 0 Å². The number of nitrogens with zero attached hydrogens (tertiary/aromatic N) is 1. The summed E-state index contributed by atoms with van der Waals surface area (Å²) in [6.07, 6.45) is 0. The molecule has 0 spiro atoms. The molecule has 0 saturated carbocycles. The summed E-state index contributed by atoms with van der Waals surface area (Å²) in [5.41, 5.74) is 6.67. The minimum Gasteiger partial charge on any atom is -0.481 e. The van der Waals surface area contributed by atoms with Crippen LogP contribution in [0.25, 0.3) is 0 Å². The number of benzene rings is 1. The zero-order valence-corrected chi connectivity index (χ0v) is 11.4. The minimum atomic E-state index is -0.666. The van der Waals surface area contributed by atoms with Gasteiger partial charge in [-0.1, -0.05) is 23.2 Å². The average Bonchev–Trinajstić information content (AvgIpc) is 2.38. The van der Waals surface area contributed by atoms with Crippen molar-refractivity contribution in [1.29, 1.82) is 0 Å². The van der Waals surface area contributed by atoms with Crippen LogP contribution in [-0.2, 0) is 0 Å². The lowest BCUT2D eigenvalue weighted by molar-refractivity contribution is 0.398. The third-order valence-electron chi connectivity index (χ3n) is 2.36. The SMILES string of the molecule is COc1ccc(N)c(Nc2cc(Cl)c(F)c(Cl)c2)n1. The van der Waals surface area contributed by atoms with Crippen molar-refractivity contribution >= 4 is 40.4 Å². The van der Waals surface area contributed by atoms with Gasteiger partial charge in [-0.05, 0) is 18.2 Å². The van der Waals surface area contributed by atoms with Crippen molar-refractivity contribution in [3.63, 3.8) is 0 Å². The van der Waals surface area contributed by atoms with E-state index in [0.29, 0.717) is 23.1 Å². The van der Waals surface area contributed by atoms with Crippen LogP contribution in [0.2, 0.25) is 10.0 Å². The lowest BCUT2D eigenvalue weighted by Crippen LogP contribution is -2.01. The van der Waals surface area contributed by atoms with Gasteiger partial charge >= 0.3 is 0 Å². The van der Waals surface area contributed by atoms with Gasteiger partial charge in [-0.15, -0.1) is 0 Å². The van der Waals surface area contributed by atoms with Gasteiger partial charge in [-0.2, -0.15) is 4.98 Å². The number of methoxy groups -OCH3 is 1. The second-order valence-corrected chi connectivity index (χ2v) is 4.48. The fourth-order valence-electron chi connectivity index (χ4n) is 1.43. The van der Waals surface area contributed by atoms with Crippen LogP contribution >= 0.6 is 23.2 Å². The largest absolute Gasteiger partial charge is 0.481 e. The maximum Gasteiger partial charge on any atom is 0.215 e. The Hall–Kier alpha value is -1.72. The number of hydrogen-bond donors (Lipinski definition) is 2. The number of nitrogen functional groups attached to an aromatic ring is 1. The van der Waals surface area contributed by atoms with E-state index < -0.39 is 5.82 Å². The smallest absolute Gasteiger partial charge is 0.215 e. The molecule has 2 aromatic rings. The summed E-state index contributed by atoms with van der Waals surface area (Å²) < 4.78 is 18.3. The van der Waals surface area contributed by atoms with Crippen molar-refractivity contribution in [3.8, 4) is 5.88 Å². The number of anilines is 3. The molecule has 0 aliphatic carbocycles. The van der Waals surface area contributed by atoms with E-state index >= 15 is 0 Å². The standard InChI is InChI=1S/C12H10Cl2FN3O/c1-19-10-3-2-9(16)12(18-10)17-6-4-7(13)11(15)8(14)5-6/h2-5H,16H2,1H3,(H,17,18). The second kappa shape index (κ2) is 5.50. The molecular weight excluding hydrogens is 292 g/mol. The maximum atomic E-state index is 13.3. The fraction of sp³-hybridized carbons (Fsp3) is 0.0833. The van der Waals surface area contributed by atoms with Crippen LogP contribution in [-0.4, -0.2) is 12.1 Å². The van der Waals surface area contributed by atoms with Gasteiger partial charge < -0.3 is 15.8 Å². The zero-order valence-electron chi connectivity index (χ0n) is 9.88. The van der Waals surface area contributed by atoms with E-state index in [9.17, 15) is 4.39 Å². The highest BCUT2D eigenvalue weighted by atomic mass is 35.5. The fourth-order valence-corrected chi connectivity index (χ4v) is 1.92. The molecular formula is C12H10Cl2FN3O. The summed E-state index contributed by atoms with van der Waals surface area (Å²) in [6, 6.07) is 6.05. The Labute approximate surface area is 119 Å². The Morgan fingerprint density at radius 1 is 1.26 bits per heavy atom. The molecule has 0 aliphatic rings. The Morgan fingerprint density at radius 3 is 2.47 bits per heavy atom. The highest BCUT2D eigenvalue weighted by molar-refractivity contribution is 6.35. The molecule has 3 N–H and O–H groups in total. The molecule has 4 nitrogen and oxygen atoms in total. The van der Waals surface area contributed by atoms with E-state index in [1.54, 1.807) is 12.1 Å². The molecule has 2 rings (SSSR count). The van der Waals surface area contributed by atoms with E-state index in [4.69, 9.17) is 33.7 Å². The third kappa shape index (κ3) is 3.00. The topological polar surface area (TPSA) is 60.2 Å². The molecule has 0 saturated heterocycles. The van der Waals surface area contributed by atoms with Crippen LogP contribution < -0.4 is 15.8 Å². The third-order valence-corrected chi connectivity index (χ3v) is 2.91. The number of ether oxygens (including phenoxy) is 1. The van der Waals surface area contributed by atoms with Crippen molar-refractivity contribution in [2.45, 2.75) is 0 Å². The Balaban J connectivity index is 2.36. The molecule has 1 heterocycles. The predicted octanol–water partition coefficient (Wildman–Crippen LogP) is 3.86. The lowest BCUT2D eigenvalue weighted by atomic mass is 10.3. The van der Waals surface area contributed by atoms with Gasteiger partial charge in [0.2, 0.25) is 5.88 Å². The highest BCUT2D eigenvalue weighted by Gasteiger charge is 2.09. The Bertz CT molecular complexity index is 599. The number of halogens is 3. The summed E-state index contributed by atoms with van der Waals surface area (Å²) >= 11 is 11.4. The molecule has 0 aliphatic heterocycles. The van der Waals surface area contributed by atoms with Crippen molar-refractivity contribution in [2.75, 3.05) is 18.2 Å². The van der Waals surface area contributed by atoms with Gasteiger partial charge in [0.1, 0.15) is 0 Å². The van der Waals surface area contributed by atoms with Crippen LogP contribution in [0.3, 0.4) is 0 Å². The van der Waals surface area contributed by atoms with Gasteiger partial charge in [0.25, 0.3) is 0 Å². The van der Waals surface area contributed by atoms with Crippen LogP contribution in [0, 0.1) is 5.82 Å². The van der Waals surface area contributed by atoms with Crippen LogP contribution in [0.5, 0.6) is 5.88 Å². The van der Waals surface area contributed by atoms with E-state index in [1.165, 1.54) is 19.2 Å². The van der Waals surface area contributed by atoms with Gasteiger partial charge in [0, 0.05) is 11.8 Å². The van der Waals surface area contributed by atoms with Gasteiger partial charge in [0.05, 0.1) is 22.8 Å². The zero-order chi connectivity index (χ0) is 14.0. The number of pyridine rings is 1. The average molecular weight is 302 g/mol. The number of nitrogens with one attached hydrogen (secondary N) is 1. The van der Waals surface area contributed by atoms with Gasteiger partial charge in [-0.3, -0.25) is 0 Å². The van der Waals surface area contributed by atoms with Crippen molar-refractivity contribution in [1.82, 2.24) is 4.98 Å². The summed E-state index contributed by atoms with van der Waals surface area (Å²) in [5.74, 6) is 0.106. The van der Waals surface area contributed by atoms with E-state index in [-0.39, 0.29) is 10.0 Å². The van der Waals surface area contributed by atoms with Crippen molar-refractivity contribution < 1.29 is 9.13 Å². The van der Waals surface area contributed by atoms with Crippen molar-refractivity contribution in [2.24, 2.45) is 0 Å². The molecule has 7 heteroatoms. The molecule has 19 heavy (non-hydrogen) atoms. The number of rotatable bonds is 3. The molecule has 1 aromatic carbocycles. The maximum absolute atomic E-state index is 13.3. The number of aromatic nitrogens is 1. The van der Waals surface area contributed by atoms with Crippen LogP contribution in [0.1, 0.15) is 0 Å². The van der Waals surface area contributed by atoms with Crippen molar-refractivity contribution in [3.05, 3.63) is 40.1 Å². The molecule has 1 aromatic heterocycles. The molecule has 100 valence electrons. The quantitative estimate of drug-likeness (QED) is 0.845. The Kier molecular flexibility index (Phi) is 3.97. The summed E-state index contributed by atoms with van der Waals surface area (Å²) in [6.45, 7) is 0. The second-order valence-electron chi connectivity index (χ2n) is 3.67. The van der Waals surface area contributed by atoms with E-state index in [1.807, 2.05) is 0 Å². The van der Waals surface area contributed by atoms with Gasteiger partial charge in [0.15, 0.2) is 11.6 Å².